The van der Waals surface area contributed by atoms with Crippen LogP contribution in [-0.2, 0) is 0 Å². The molecular formula is C15H21NO. The molecule has 0 aliphatic carbocycles. The minimum absolute atomic E-state index is 0.236. The number of nitrogens with one attached hydrogen (secondary N) is 1. The van der Waals surface area contributed by atoms with Crippen LogP contribution in [0.15, 0.2) is 18.2 Å². The van der Waals surface area contributed by atoms with Gasteiger partial charge in [0.2, 0.25) is 0 Å². The molecule has 0 radical (unpaired) electrons. The third-order valence-corrected chi connectivity index (χ3v) is 3.89. The van der Waals surface area contributed by atoms with Crippen molar-refractivity contribution in [3.63, 3.8) is 0 Å². The third-order valence-electron chi connectivity index (χ3n) is 3.89. The Bertz CT molecular complexity index is 431. The average molecular weight is 231 g/mol. The van der Waals surface area contributed by atoms with E-state index < -0.39 is 0 Å². The Morgan fingerprint density at radius 2 is 2.00 bits per heavy atom. The van der Waals surface area contributed by atoms with E-state index >= 15 is 0 Å². The summed E-state index contributed by atoms with van der Waals surface area (Å²) in [5.41, 5.74) is 2.91. The number of Topliss-reactive ketones (excluding diaryl/α,β-unsaturated/α-hetero) is 1. The van der Waals surface area contributed by atoms with Crippen LogP contribution in [0, 0.1) is 13.8 Å². The minimum Gasteiger partial charge on any atom is -0.305 e. The van der Waals surface area contributed by atoms with Crippen LogP contribution >= 0.6 is 0 Å². The molecule has 0 spiro atoms. The quantitative estimate of drug-likeness (QED) is 0.793. The molecular weight excluding hydrogens is 210 g/mol. The van der Waals surface area contributed by atoms with Crippen molar-refractivity contribution in [2.75, 3.05) is 6.54 Å². The molecule has 0 bridgehead atoms. The molecule has 1 aromatic carbocycles. The van der Waals surface area contributed by atoms with E-state index in [9.17, 15) is 4.79 Å². The second-order valence-electron chi connectivity index (χ2n) is 5.34. The van der Waals surface area contributed by atoms with E-state index in [2.05, 4.69) is 19.2 Å². The monoisotopic (exact) mass is 231 g/mol. The van der Waals surface area contributed by atoms with Crippen molar-refractivity contribution in [3.05, 3.63) is 34.9 Å². The van der Waals surface area contributed by atoms with Crippen LogP contribution < -0.4 is 5.32 Å². The van der Waals surface area contributed by atoms with Crippen molar-refractivity contribution in [1.82, 2.24) is 5.32 Å². The Kier molecular flexibility index (Phi) is 3.34. The molecule has 1 aliphatic heterocycles. The van der Waals surface area contributed by atoms with E-state index in [0.29, 0.717) is 0 Å². The van der Waals surface area contributed by atoms with Gasteiger partial charge in [0.15, 0.2) is 5.78 Å². The van der Waals surface area contributed by atoms with Crippen molar-refractivity contribution < 1.29 is 4.79 Å². The molecule has 1 atom stereocenters. The van der Waals surface area contributed by atoms with Crippen molar-refractivity contribution in [1.29, 1.82) is 0 Å². The van der Waals surface area contributed by atoms with Gasteiger partial charge in [0, 0.05) is 5.56 Å². The molecule has 1 N–H and O–H groups in total. The summed E-state index contributed by atoms with van der Waals surface area (Å²) in [5, 5.41) is 3.38. The van der Waals surface area contributed by atoms with Gasteiger partial charge < -0.3 is 5.32 Å². The molecule has 0 saturated carbocycles. The van der Waals surface area contributed by atoms with Crippen LogP contribution in [0.25, 0.3) is 0 Å². The van der Waals surface area contributed by atoms with Crippen LogP contribution in [0.1, 0.15) is 47.7 Å². The highest BCUT2D eigenvalue weighted by Crippen LogP contribution is 2.24. The third kappa shape index (κ3) is 2.42. The van der Waals surface area contributed by atoms with Crippen LogP contribution in [0.4, 0.5) is 0 Å². The van der Waals surface area contributed by atoms with Crippen molar-refractivity contribution in [3.8, 4) is 0 Å². The summed E-state index contributed by atoms with van der Waals surface area (Å²) in [5.74, 6) is 0.236. The number of benzene rings is 1. The lowest BCUT2D eigenvalue weighted by molar-refractivity contribution is 0.0834. The van der Waals surface area contributed by atoms with Gasteiger partial charge in [-0.2, -0.15) is 0 Å². The standard InChI is InChI=1S/C15H21NO/c1-11-6-7-13(10-12(11)2)14(17)15(3)8-4-5-9-16-15/h6-7,10,16H,4-5,8-9H2,1-3H3. The second kappa shape index (κ2) is 4.61. The first-order chi connectivity index (χ1) is 8.03. The van der Waals surface area contributed by atoms with Gasteiger partial charge in [-0.25, -0.2) is 0 Å². The van der Waals surface area contributed by atoms with Gasteiger partial charge in [-0.3, -0.25) is 4.79 Å². The van der Waals surface area contributed by atoms with Gasteiger partial charge in [0.05, 0.1) is 5.54 Å². The molecule has 2 rings (SSSR count). The van der Waals surface area contributed by atoms with Crippen molar-refractivity contribution >= 4 is 5.78 Å². The number of hydrogen-bond donors (Lipinski definition) is 1. The Morgan fingerprint density at radius 1 is 1.24 bits per heavy atom. The van der Waals surface area contributed by atoms with Crippen LogP contribution in [0.2, 0.25) is 0 Å². The molecule has 1 heterocycles. The van der Waals surface area contributed by atoms with Crippen molar-refractivity contribution in [2.24, 2.45) is 0 Å². The zero-order chi connectivity index (χ0) is 12.5. The van der Waals surface area contributed by atoms with Crippen molar-refractivity contribution in [2.45, 2.75) is 45.6 Å². The van der Waals surface area contributed by atoms with Gasteiger partial charge >= 0.3 is 0 Å². The molecule has 1 saturated heterocycles. The smallest absolute Gasteiger partial charge is 0.182 e. The molecule has 0 amide bonds. The number of carbonyl (C=O) groups excluding carboxylic acids is 1. The molecule has 1 unspecified atom stereocenters. The van der Waals surface area contributed by atoms with E-state index in [4.69, 9.17) is 0 Å². The fourth-order valence-corrected chi connectivity index (χ4v) is 2.45. The Balaban J connectivity index is 2.26. The summed E-state index contributed by atoms with van der Waals surface area (Å²) in [7, 11) is 0. The number of hydrogen-bond acceptors (Lipinski definition) is 2. The molecule has 2 nitrogen and oxygen atoms in total. The number of ketones is 1. The second-order valence-corrected chi connectivity index (χ2v) is 5.34. The van der Waals surface area contributed by atoms with Crippen LogP contribution in [0.3, 0.4) is 0 Å². The van der Waals surface area contributed by atoms with E-state index in [1.807, 2.05) is 25.1 Å². The van der Waals surface area contributed by atoms with Gasteiger partial charge in [0.25, 0.3) is 0 Å². The molecule has 1 fully saturated rings. The van der Waals surface area contributed by atoms with Gasteiger partial charge in [-0.1, -0.05) is 12.1 Å². The topological polar surface area (TPSA) is 29.1 Å². The lowest BCUT2D eigenvalue weighted by Gasteiger charge is -2.33. The lowest BCUT2D eigenvalue weighted by Crippen LogP contribution is -2.52. The maximum atomic E-state index is 12.5. The van der Waals surface area contributed by atoms with Gasteiger partial charge in [-0.15, -0.1) is 0 Å². The maximum Gasteiger partial charge on any atom is 0.182 e. The van der Waals surface area contributed by atoms with Gasteiger partial charge in [0.1, 0.15) is 0 Å². The first-order valence-corrected chi connectivity index (χ1v) is 6.40. The predicted octanol–water partition coefficient (Wildman–Crippen LogP) is 3.02. The highest BCUT2D eigenvalue weighted by atomic mass is 16.1. The Morgan fingerprint density at radius 3 is 2.59 bits per heavy atom. The number of aryl methyl sites for hydroxylation is 2. The normalized spacial score (nSPS) is 24.6. The molecule has 0 aromatic heterocycles. The fourth-order valence-electron chi connectivity index (χ4n) is 2.45. The van der Waals surface area contributed by atoms with E-state index in [0.717, 1.165) is 24.9 Å². The molecule has 1 aromatic rings. The number of rotatable bonds is 2. The number of piperidine rings is 1. The Hall–Kier alpha value is -1.15. The van der Waals surface area contributed by atoms with E-state index in [1.54, 1.807) is 0 Å². The lowest BCUT2D eigenvalue weighted by atomic mass is 9.83. The average Bonchev–Trinajstić information content (AvgIpc) is 2.33. The predicted molar refractivity (Wildman–Crippen MR) is 70.5 cm³/mol. The highest BCUT2D eigenvalue weighted by molar-refractivity contribution is 6.03. The molecule has 2 heteroatoms. The zero-order valence-electron chi connectivity index (χ0n) is 11.0. The van der Waals surface area contributed by atoms with Crippen LogP contribution in [-0.4, -0.2) is 17.9 Å². The summed E-state index contributed by atoms with van der Waals surface area (Å²) in [6.45, 7) is 7.11. The maximum absolute atomic E-state index is 12.5. The largest absolute Gasteiger partial charge is 0.305 e. The summed E-state index contributed by atoms with van der Waals surface area (Å²) in [6.07, 6.45) is 3.26. The summed E-state index contributed by atoms with van der Waals surface area (Å²) in [6, 6.07) is 6.00. The highest BCUT2D eigenvalue weighted by Gasteiger charge is 2.34. The molecule has 17 heavy (non-hydrogen) atoms. The fraction of sp³-hybridized carbons (Fsp3) is 0.533. The minimum atomic E-state index is -0.361. The van der Waals surface area contributed by atoms with Gasteiger partial charge in [-0.05, 0) is 63.8 Å². The molecule has 92 valence electrons. The summed E-state index contributed by atoms with van der Waals surface area (Å²) >= 11 is 0. The number of carbonyl (C=O) groups is 1. The van der Waals surface area contributed by atoms with Crippen LogP contribution in [0.5, 0.6) is 0 Å². The molecule has 1 aliphatic rings. The SMILES string of the molecule is Cc1ccc(C(=O)C2(C)CCCCN2)cc1C. The summed E-state index contributed by atoms with van der Waals surface area (Å²) < 4.78 is 0. The summed E-state index contributed by atoms with van der Waals surface area (Å²) in [4.78, 5) is 12.5. The van der Waals surface area contributed by atoms with E-state index in [-0.39, 0.29) is 11.3 Å². The zero-order valence-corrected chi connectivity index (χ0v) is 11.0. The first-order valence-electron chi connectivity index (χ1n) is 6.40. The first kappa shape index (κ1) is 12.3. The Labute approximate surface area is 103 Å². The van der Waals surface area contributed by atoms with E-state index in [1.165, 1.54) is 17.5 Å².